The molecule has 1 saturated carbocycles. The van der Waals surface area contributed by atoms with Crippen LogP contribution in [-0.4, -0.2) is 11.7 Å². The minimum atomic E-state index is 0.361. The van der Waals surface area contributed by atoms with Crippen LogP contribution in [0.1, 0.15) is 40.0 Å². The Hall–Kier alpha value is -0.0400. The Morgan fingerprint density at radius 1 is 1.55 bits per heavy atom. The minimum absolute atomic E-state index is 0.361. The molecular formula is C10H20O. The fourth-order valence-corrected chi connectivity index (χ4v) is 2.51. The monoisotopic (exact) mass is 156 g/mol. The molecule has 1 nitrogen and oxygen atoms in total. The molecule has 1 aliphatic rings. The van der Waals surface area contributed by atoms with Crippen molar-refractivity contribution in [3.63, 3.8) is 0 Å². The third kappa shape index (κ3) is 1.58. The molecule has 0 radical (unpaired) electrons. The van der Waals surface area contributed by atoms with E-state index in [9.17, 15) is 0 Å². The van der Waals surface area contributed by atoms with Gasteiger partial charge in [0, 0.05) is 6.61 Å². The molecule has 0 aromatic rings. The van der Waals surface area contributed by atoms with E-state index in [1.54, 1.807) is 0 Å². The van der Waals surface area contributed by atoms with Gasteiger partial charge in [0.1, 0.15) is 0 Å². The Morgan fingerprint density at radius 2 is 2.18 bits per heavy atom. The largest absolute Gasteiger partial charge is 0.396 e. The summed E-state index contributed by atoms with van der Waals surface area (Å²) in [5.41, 5.74) is 0.461. The Labute approximate surface area is 69.8 Å². The summed E-state index contributed by atoms with van der Waals surface area (Å²) in [5, 5.41) is 8.87. The number of aliphatic hydroxyl groups excluding tert-OH is 1. The normalized spacial score (nSPS) is 37.4. The van der Waals surface area contributed by atoms with E-state index < -0.39 is 0 Å². The van der Waals surface area contributed by atoms with Crippen molar-refractivity contribution in [3.05, 3.63) is 0 Å². The molecule has 0 heterocycles. The highest BCUT2D eigenvalue weighted by Gasteiger charge is 2.43. The molecule has 0 saturated heterocycles. The molecule has 0 unspecified atom stereocenters. The predicted molar refractivity (Wildman–Crippen MR) is 47.4 cm³/mol. The summed E-state index contributed by atoms with van der Waals surface area (Å²) in [6.07, 6.45) is 3.68. The minimum Gasteiger partial charge on any atom is -0.396 e. The highest BCUT2D eigenvalue weighted by molar-refractivity contribution is 4.93. The highest BCUT2D eigenvalue weighted by atomic mass is 16.3. The Morgan fingerprint density at radius 3 is 2.45 bits per heavy atom. The summed E-state index contributed by atoms with van der Waals surface area (Å²) in [5.74, 6) is 1.65. The highest BCUT2D eigenvalue weighted by Crippen LogP contribution is 2.52. The first-order valence-corrected chi connectivity index (χ1v) is 4.71. The Bertz CT molecular complexity index is 131. The van der Waals surface area contributed by atoms with Crippen molar-refractivity contribution in [3.8, 4) is 0 Å². The predicted octanol–water partition coefficient (Wildman–Crippen LogP) is 2.44. The van der Waals surface area contributed by atoms with Gasteiger partial charge < -0.3 is 5.11 Å². The van der Waals surface area contributed by atoms with Crippen molar-refractivity contribution in [1.82, 2.24) is 0 Å². The summed E-state index contributed by atoms with van der Waals surface area (Å²) in [7, 11) is 0. The van der Waals surface area contributed by atoms with Crippen LogP contribution in [-0.2, 0) is 0 Å². The van der Waals surface area contributed by atoms with Gasteiger partial charge in [-0.1, -0.05) is 20.8 Å². The van der Waals surface area contributed by atoms with Gasteiger partial charge in [-0.3, -0.25) is 0 Å². The van der Waals surface area contributed by atoms with Gasteiger partial charge in [-0.25, -0.2) is 0 Å². The standard InChI is InChI=1S/C10H20O/c1-8(2)9-4-5-10(9,3)6-7-11/h8-9,11H,4-7H2,1-3H3/t9-,10+/m0/s1. The SMILES string of the molecule is CC(C)[C@@H]1CC[C@]1(C)CCO. The van der Waals surface area contributed by atoms with Gasteiger partial charge in [0.15, 0.2) is 0 Å². The molecule has 1 heteroatoms. The molecule has 11 heavy (non-hydrogen) atoms. The first-order valence-electron chi connectivity index (χ1n) is 4.71. The maximum atomic E-state index is 8.87. The molecule has 0 bridgehead atoms. The van der Waals surface area contributed by atoms with Crippen LogP contribution >= 0.6 is 0 Å². The molecule has 0 amide bonds. The van der Waals surface area contributed by atoms with E-state index in [4.69, 9.17) is 5.11 Å². The molecule has 1 N–H and O–H groups in total. The molecule has 0 aromatic heterocycles. The van der Waals surface area contributed by atoms with E-state index in [1.165, 1.54) is 12.8 Å². The van der Waals surface area contributed by atoms with Crippen LogP contribution in [0.25, 0.3) is 0 Å². The van der Waals surface area contributed by atoms with Crippen LogP contribution < -0.4 is 0 Å². The topological polar surface area (TPSA) is 20.2 Å². The average molecular weight is 156 g/mol. The lowest BCUT2D eigenvalue weighted by Gasteiger charge is -2.49. The lowest BCUT2D eigenvalue weighted by atomic mass is 9.56. The van der Waals surface area contributed by atoms with Gasteiger partial charge in [-0.2, -0.15) is 0 Å². The number of aliphatic hydroxyl groups is 1. The Balaban J connectivity index is 2.45. The van der Waals surface area contributed by atoms with Gasteiger partial charge in [0.25, 0.3) is 0 Å². The summed E-state index contributed by atoms with van der Waals surface area (Å²) >= 11 is 0. The maximum absolute atomic E-state index is 8.87. The van der Waals surface area contributed by atoms with E-state index in [0.29, 0.717) is 12.0 Å². The summed E-state index contributed by atoms with van der Waals surface area (Å²) < 4.78 is 0. The van der Waals surface area contributed by atoms with Crippen molar-refractivity contribution >= 4 is 0 Å². The zero-order valence-electron chi connectivity index (χ0n) is 7.93. The maximum Gasteiger partial charge on any atom is 0.0436 e. The summed E-state index contributed by atoms with van der Waals surface area (Å²) in [6, 6.07) is 0. The van der Waals surface area contributed by atoms with Gasteiger partial charge >= 0.3 is 0 Å². The molecule has 0 spiro atoms. The molecule has 1 fully saturated rings. The second kappa shape index (κ2) is 3.14. The van der Waals surface area contributed by atoms with Crippen LogP contribution in [0.4, 0.5) is 0 Å². The van der Waals surface area contributed by atoms with Crippen LogP contribution in [0.2, 0.25) is 0 Å². The van der Waals surface area contributed by atoms with E-state index in [1.807, 2.05) is 0 Å². The van der Waals surface area contributed by atoms with Gasteiger partial charge in [0.05, 0.1) is 0 Å². The number of rotatable bonds is 3. The third-order valence-electron chi connectivity index (χ3n) is 3.41. The van der Waals surface area contributed by atoms with Gasteiger partial charge in [-0.15, -0.1) is 0 Å². The fraction of sp³-hybridized carbons (Fsp3) is 1.00. The van der Waals surface area contributed by atoms with Gasteiger partial charge in [0.2, 0.25) is 0 Å². The summed E-state index contributed by atoms with van der Waals surface area (Å²) in [6.45, 7) is 7.26. The fourth-order valence-electron chi connectivity index (χ4n) is 2.51. The number of hydrogen-bond donors (Lipinski definition) is 1. The second-order valence-corrected chi connectivity index (χ2v) is 4.52. The molecule has 1 rings (SSSR count). The van der Waals surface area contributed by atoms with Crippen molar-refractivity contribution in [2.24, 2.45) is 17.3 Å². The zero-order chi connectivity index (χ0) is 8.48. The Kier molecular flexibility index (Phi) is 2.58. The molecule has 0 aliphatic heterocycles. The van der Waals surface area contributed by atoms with Crippen molar-refractivity contribution in [1.29, 1.82) is 0 Å². The quantitative estimate of drug-likeness (QED) is 0.665. The van der Waals surface area contributed by atoms with Crippen LogP contribution in [0.5, 0.6) is 0 Å². The van der Waals surface area contributed by atoms with Crippen LogP contribution in [0.15, 0.2) is 0 Å². The molecule has 0 aromatic carbocycles. The van der Waals surface area contributed by atoms with Crippen LogP contribution in [0, 0.1) is 17.3 Å². The zero-order valence-corrected chi connectivity index (χ0v) is 7.93. The molecular weight excluding hydrogens is 136 g/mol. The molecule has 1 aliphatic carbocycles. The van der Waals surface area contributed by atoms with Crippen molar-refractivity contribution in [2.45, 2.75) is 40.0 Å². The van der Waals surface area contributed by atoms with Crippen LogP contribution in [0.3, 0.4) is 0 Å². The average Bonchev–Trinajstić information content (AvgIpc) is 1.85. The first-order chi connectivity index (χ1) is 5.10. The lowest BCUT2D eigenvalue weighted by molar-refractivity contribution is -0.00763. The van der Waals surface area contributed by atoms with E-state index in [0.717, 1.165) is 18.3 Å². The third-order valence-corrected chi connectivity index (χ3v) is 3.41. The lowest BCUT2D eigenvalue weighted by Crippen LogP contribution is -2.41. The van der Waals surface area contributed by atoms with Gasteiger partial charge in [-0.05, 0) is 36.5 Å². The summed E-state index contributed by atoms with van der Waals surface area (Å²) in [4.78, 5) is 0. The first kappa shape index (κ1) is 9.05. The smallest absolute Gasteiger partial charge is 0.0436 e. The van der Waals surface area contributed by atoms with E-state index >= 15 is 0 Å². The van der Waals surface area contributed by atoms with Crippen molar-refractivity contribution in [2.75, 3.05) is 6.61 Å². The van der Waals surface area contributed by atoms with E-state index in [2.05, 4.69) is 20.8 Å². The molecule has 2 atom stereocenters. The second-order valence-electron chi connectivity index (χ2n) is 4.52. The van der Waals surface area contributed by atoms with Crippen molar-refractivity contribution < 1.29 is 5.11 Å². The van der Waals surface area contributed by atoms with E-state index in [-0.39, 0.29) is 0 Å². The molecule has 66 valence electrons. The number of hydrogen-bond acceptors (Lipinski definition) is 1.